The van der Waals surface area contributed by atoms with Crippen molar-refractivity contribution in [1.29, 1.82) is 0 Å². The van der Waals surface area contributed by atoms with Crippen LogP contribution in [0.4, 0.5) is 18.9 Å². The summed E-state index contributed by atoms with van der Waals surface area (Å²) in [5.74, 6) is 0.136. The van der Waals surface area contributed by atoms with Crippen molar-refractivity contribution in [3.05, 3.63) is 81.3 Å². The quantitative estimate of drug-likeness (QED) is 0.641. The second-order valence-electron chi connectivity index (χ2n) is 7.75. The van der Waals surface area contributed by atoms with Crippen molar-refractivity contribution in [3.8, 4) is 11.4 Å². The number of H-pyrrole nitrogens is 1. The van der Waals surface area contributed by atoms with Crippen LogP contribution in [-0.4, -0.2) is 27.3 Å². The van der Waals surface area contributed by atoms with Gasteiger partial charge >= 0.3 is 6.18 Å². The Hall–Kier alpha value is -3.46. The highest BCUT2D eigenvalue weighted by atomic mass is 19.4. The van der Waals surface area contributed by atoms with Crippen LogP contribution in [0.2, 0.25) is 0 Å². The van der Waals surface area contributed by atoms with Gasteiger partial charge in [-0.1, -0.05) is 24.3 Å². The highest BCUT2D eigenvalue weighted by Crippen LogP contribution is 2.30. The third-order valence-corrected chi connectivity index (χ3v) is 5.31. The predicted octanol–water partition coefficient (Wildman–Crippen LogP) is 3.97. The van der Waals surface area contributed by atoms with Crippen LogP contribution in [0.1, 0.15) is 29.3 Å². The van der Waals surface area contributed by atoms with E-state index in [-0.39, 0.29) is 17.3 Å². The molecule has 166 valence electrons. The van der Waals surface area contributed by atoms with Gasteiger partial charge in [-0.15, -0.1) is 0 Å². The van der Waals surface area contributed by atoms with Crippen LogP contribution >= 0.6 is 0 Å². The number of fused-ring (bicyclic) bond motifs is 1. The topological polar surface area (TPSA) is 78.1 Å². The smallest absolute Gasteiger partial charge is 0.326 e. The Labute approximate surface area is 182 Å². The van der Waals surface area contributed by atoms with Gasteiger partial charge in [-0.05, 0) is 29.8 Å². The summed E-state index contributed by atoms with van der Waals surface area (Å²) in [4.78, 5) is 33.2. The van der Waals surface area contributed by atoms with Crippen molar-refractivity contribution in [1.82, 2.24) is 14.9 Å². The number of amides is 1. The summed E-state index contributed by atoms with van der Waals surface area (Å²) in [6.45, 7) is 3.22. The number of carbonyl (C=O) groups excluding carboxylic acids is 1. The maximum Gasteiger partial charge on any atom is 0.416 e. The number of aromatic amines is 1. The molecule has 1 amide bonds. The molecule has 2 heterocycles. The van der Waals surface area contributed by atoms with Gasteiger partial charge in [0, 0.05) is 44.2 Å². The average molecular weight is 442 g/mol. The molecule has 1 aromatic heterocycles. The van der Waals surface area contributed by atoms with E-state index in [0.29, 0.717) is 42.9 Å². The highest BCUT2D eigenvalue weighted by molar-refractivity contribution is 5.88. The Kier molecular flexibility index (Phi) is 5.84. The summed E-state index contributed by atoms with van der Waals surface area (Å²) in [6, 6.07) is 12.1. The molecular formula is C23H21F3N4O2. The van der Waals surface area contributed by atoms with Gasteiger partial charge in [-0.25, -0.2) is 4.98 Å². The number of benzene rings is 2. The van der Waals surface area contributed by atoms with Gasteiger partial charge in [0.25, 0.3) is 5.56 Å². The number of nitrogens with one attached hydrogen (secondary N) is 2. The molecule has 3 aromatic rings. The van der Waals surface area contributed by atoms with E-state index in [1.807, 2.05) is 24.3 Å². The summed E-state index contributed by atoms with van der Waals surface area (Å²) < 4.78 is 38.3. The molecule has 0 spiro atoms. The molecule has 0 unspecified atom stereocenters. The number of aromatic nitrogens is 2. The van der Waals surface area contributed by atoms with Crippen molar-refractivity contribution in [2.45, 2.75) is 32.6 Å². The van der Waals surface area contributed by atoms with Gasteiger partial charge in [-0.2, -0.15) is 13.2 Å². The lowest BCUT2D eigenvalue weighted by molar-refractivity contribution is -0.137. The first kappa shape index (κ1) is 21.8. The molecule has 6 nitrogen and oxygen atoms in total. The first-order chi connectivity index (χ1) is 15.2. The van der Waals surface area contributed by atoms with Crippen molar-refractivity contribution >= 4 is 11.6 Å². The minimum Gasteiger partial charge on any atom is -0.326 e. The van der Waals surface area contributed by atoms with Crippen LogP contribution in [0.25, 0.3) is 11.4 Å². The van der Waals surface area contributed by atoms with Gasteiger partial charge < -0.3 is 10.3 Å². The van der Waals surface area contributed by atoms with Gasteiger partial charge in [0.05, 0.1) is 16.8 Å². The Morgan fingerprint density at radius 3 is 2.44 bits per heavy atom. The second-order valence-corrected chi connectivity index (χ2v) is 7.75. The lowest BCUT2D eigenvalue weighted by atomic mass is 10.0. The van der Waals surface area contributed by atoms with Gasteiger partial charge in [0.2, 0.25) is 5.91 Å². The van der Waals surface area contributed by atoms with E-state index < -0.39 is 11.7 Å². The molecule has 0 radical (unpaired) electrons. The van der Waals surface area contributed by atoms with Gasteiger partial charge in [0.1, 0.15) is 5.82 Å². The second kappa shape index (κ2) is 8.58. The fourth-order valence-electron chi connectivity index (χ4n) is 3.72. The van der Waals surface area contributed by atoms with E-state index in [2.05, 4.69) is 20.2 Å². The molecule has 0 fully saturated rings. The fraction of sp³-hybridized carbons (Fsp3) is 0.261. The maximum atomic E-state index is 12.8. The van der Waals surface area contributed by atoms with Crippen molar-refractivity contribution in [2.75, 3.05) is 11.9 Å². The fourth-order valence-corrected chi connectivity index (χ4v) is 3.72. The molecule has 1 aliphatic rings. The number of anilines is 1. The van der Waals surface area contributed by atoms with E-state index in [4.69, 9.17) is 0 Å². The van der Waals surface area contributed by atoms with Crippen molar-refractivity contribution in [3.63, 3.8) is 0 Å². The Morgan fingerprint density at radius 2 is 1.81 bits per heavy atom. The summed E-state index contributed by atoms with van der Waals surface area (Å²) >= 11 is 0. The number of alkyl halides is 3. The average Bonchev–Trinajstić information content (AvgIpc) is 2.74. The van der Waals surface area contributed by atoms with Gasteiger partial charge in [-0.3, -0.25) is 14.5 Å². The normalized spacial score (nSPS) is 14.1. The predicted molar refractivity (Wildman–Crippen MR) is 114 cm³/mol. The first-order valence-electron chi connectivity index (χ1n) is 10.1. The van der Waals surface area contributed by atoms with Crippen LogP contribution in [-0.2, 0) is 30.5 Å². The number of hydrogen-bond acceptors (Lipinski definition) is 4. The van der Waals surface area contributed by atoms with E-state index in [0.717, 1.165) is 23.4 Å². The lowest BCUT2D eigenvalue weighted by Gasteiger charge is -2.27. The molecule has 4 rings (SSSR count). The zero-order valence-corrected chi connectivity index (χ0v) is 17.3. The number of carbonyl (C=O) groups is 1. The first-order valence-corrected chi connectivity index (χ1v) is 10.1. The number of hydrogen-bond donors (Lipinski definition) is 2. The molecule has 2 aromatic carbocycles. The number of nitrogens with zero attached hydrogens (tertiary/aromatic N) is 2. The van der Waals surface area contributed by atoms with Crippen LogP contribution in [0, 0.1) is 0 Å². The molecule has 1 aliphatic heterocycles. The lowest BCUT2D eigenvalue weighted by Crippen LogP contribution is -2.35. The molecule has 0 atom stereocenters. The number of rotatable bonds is 4. The molecule has 0 saturated heterocycles. The van der Waals surface area contributed by atoms with E-state index in [9.17, 15) is 22.8 Å². The largest absolute Gasteiger partial charge is 0.416 e. The SMILES string of the molecule is CC(=O)Nc1ccc(CN2CCc3nc(-c4ccc(C(F)(F)F)cc4)[nH]c(=O)c3C2)cc1. The molecule has 9 heteroatoms. The summed E-state index contributed by atoms with van der Waals surface area (Å²) in [5.41, 5.74) is 2.41. The Balaban J connectivity index is 1.49. The third kappa shape index (κ3) is 4.88. The summed E-state index contributed by atoms with van der Waals surface area (Å²) in [5, 5.41) is 2.72. The minimum atomic E-state index is -4.41. The molecular weight excluding hydrogens is 421 g/mol. The third-order valence-electron chi connectivity index (χ3n) is 5.31. The van der Waals surface area contributed by atoms with Crippen molar-refractivity contribution in [2.24, 2.45) is 0 Å². The van der Waals surface area contributed by atoms with Crippen LogP contribution in [0.3, 0.4) is 0 Å². The molecule has 2 N–H and O–H groups in total. The molecule has 0 aliphatic carbocycles. The summed E-state index contributed by atoms with van der Waals surface area (Å²) in [7, 11) is 0. The number of halogens is 3. The van der Waals surface area contributed by atoms with Crippen LogP contribution in [0.15, 0.2) is 53.3 Å². The molecule has 0 bridgehead atoms. The van der Waals surface area contributed by atoms with E-state index in [1.165, 1.54) is 19.1 Å². The zero-order valence-electron chi connectivity index (χ0n) is 17.3. The maximum absolute atomic E-state index is 12.8. The molecule has 32 heavy (non-hydrogen) atoms. The summed E-state index contributed by atoms with van der Waals surface area (Å²) in [6.07, 6.45) is -3.85. The highest BCUT2D eigenvalue weighted by Gasteiger charge is 2.30. The Bertz CT molecular complexity index is 1190. The monoisotopic (exact) mass is 442 g/mol. The van der Waals surface area contributed by atoms with Crippen LogP contribution in [0.5, 0.6) is 0 Å². The standard InChI is InChI=1S/C23H21F3N4O2/c1-14(31)27-18-8-2-15(3-9-18)12-30-11-10-20-19(13-30)22(32)29-21(28-20)16-4-6-17(7-5-16)23(24,25)26/h2-9H,10-13H2,1H3,(H,27,31)(H,28,29,32). The minimum absolute atomic E-state index is 0.132. The van der Waals surface area contributed by atoms with Gasteiger partial charge in [0.15, 0.2) is 0 Å². The Morgan fingerprint density at radius 1 is 1.12 bits per heavy atom. The van der Waals surface area contributed by atoms with Crippen LogP contribution < -0.4 is 10.9 Å². The molecule has 0 saturated carbocycles. The van der Waals surface area contributed by atoms with E-state index in [1.54, 1.807) is 0 Å². The van der Waals surface area contributed by atoms with E-state index >= 15 is 0 Å². The zero-order chi connectivity index (χ0) is 22.9. The van der Waals surface area contributed by atoms with Crippen molar-refractivity contribution < 1.29 is 18.0 Å².